The lowest BCUT2D eigenvalue weighted by Gasteiger charge is -2.14. The van der Waals surface area contributed by atoms with Crippen molar-refractivity contribution in [2.24, 2.45) is 0 Å². The van der Waals surface area contributed by atoms with Gasteiger partial charge >= 0.3 is 11.9 Å². The van der Waals surface area contributed by atoms with E-state index in [1.807, 2.05) is 0 Å². The SMILES string of the molecule is CCOC(=O)COc1c(Br)cc(/C=C2/SC(=O)N(Cc3ccc(C(=O)OC)o3)C2=O)cc1OCC. The summed E-state index contributed by atoms with van der Waals surface area (Å²) in [6.45, 7) is 3.63. The van der Waals surface area contributed by atoms with Gasteiger partial charge in [-0.25, -0.2) is 9.59 Å². The Morgan fingerprint density at radius 3 is 2.60 bits per heavy atom. The summed E-state index contributed by atoms with van der Waals surface area (Å²) >= 11 is 4.18. The topological polar surface area (TPSA) is 122 Å². The van der Waals surface area contributed by atoms with E-state index in [4.69, 9.17) is 18.6 Å². The molecule has 0 bridgehead atoms. The van der Waals surface area contributed by atoms with Crippen molar-refractivity contribution in [2.45, 2.75) is 20.4 Å². The van der Waals surface area contributed by atoms with Crippen molar-refractivity contribution in [3.63, 3.8) is 0 Å². The number of furan rings is 1. The highest BCUT2D eigenvalue weighted by atomic mass is 79.9. The van der Waals surface area contributed by atoms with E-state index < -0.39 is 23.1 Å². The molecule has 0 N–H and O–H groups in total. The number of carbonyl (C=O) groups excluding carboxylic acids is 4. The molecule has 0 saturated carbocycles. The van der Waals surface area contributed by atoms with Crippen LogP contribution in [0.25, 0.3) is 6.08 Å². The fourth-order valence-electron chi connectivity index (χ4n) is 3.02. The van der Waals surface area contributed by atoms with Gasteiger partial charge in [0.15, 0.2) is 18.1 Å². The minimum Gasteiger partial charge on any atom is -0.490 e. The summed E-state index contributed by atoms with van der Waals surface area (Å²) in [4.78, 5) is 49.8. The van der Waals surface area contributed by atoms with Crippen LogP contribution in [0.2, 0.25) is 0 Å². The Bertz CT molecular complexity index is 1170. The van der Waals surface area contributed by atoms with Crippen LogP contribution < -0.4 is 9.47 Å². The van der Waals surface area contributed by atoms with Crippen molar-refractivity contribution in [2.75, 3.05) is 26.9 Å². The quantitative estimate of drug-likeness (QED) is 0.301. The van der Waals surface area contributed by atoms with Gasteiger partial charge in [-0.2, -0.15) is 0 Å². The third-order valence-electron chi connectivity index (χ3n) is 4.50. The molecule has 0 atom stereocenters. The van der Waals surface area contributed by atoms with Gasteiger partial charge in [-0.05, 0) is 77.4 Å². The van der Waals surface area contributed by atoms with E-state index in [-0.39, 0.29) is 36.2 Å². The second-order valence-electron chi connectivity index (χ2n) is 6.88. The zero-order chi connectivity index (χ0) is 25.5. The first-order valence-corrected chi connectivity index (χ1v) is 12.0. The van der Waals surface area contributed by atoms with E-state index in [2.05, 4.69) is 20.7 Å². The smallest absolute Gasteiger partial charge is 0.373 e. The number of carbonyl (C=O) groups is 4. The molecule has 2 amide bonds. The van der Waals surface area contributed by atoms with Gasteiger partial charge in [0.25, 0.3) is 11.1 Å². The first-order valence-electron chi connectivity index (χ1n) is 10.4. The van der Waals surface area contributed by atoms with Crippen LogP contribution in [0, 0.1) is 0 Å². The number of thioether (sulfide) groups is 1. The number of hydrogen-bond acceptors (Lipinski definition) is 10. The summed E-state index contributed by atoms with van der Waals surface area (Å²) in [7, 11) is 1.22. The first kappa shape index (κ1) is 26.4. The summed E-state index contributed by atoms with van der Waals surface area (Å²) in [5.41, 5.74) is 0.570. The summed E-state index contributed by atoms with van der Waals surface area (Å²) < 4.78 is 26.5. The van der Waals surface area contributed by atoms with Crippen LogP contribution in [0.5, 0.6) is 11.5 Å². The molecule has 10 nitrogen and oxygen atoms in total. The molecule has 0 unspecified atom stereocenters. The average Bonchev–Trinajstić information content (AvgIpc) is 3.39. The second kappa shape index (κ2) is 11.9. The lowest BCUT2D eigenvalue weighted by Crippen LogP contribution is -2.27. The van der Waals surface area contributed by atoms with E-state index in [1.165, 1.54) is 19.2 Å². The molecule has 1 fully saturated rings. The summed E-state index contributed by atoms with van der Waals surface area (Å²) in [5.74, 6) is -0.785. The third-order valence-corrected chi connectivity index (χ3v) is 6.00. The van der Waals surface area contributed by atoms with Crippen molar-refractivity contribution >= 4 is 56.9 Å². The van der Waals surface area contributed by atoms with Gasteiger partial charge in [0.2, 0.25) is 5.76 Å². The standard InChI is InChI=1S/C23H22BrNO9S/c1-4-31-17-9-13(8-15(24)20(17)33-12-19(26)32-5-2)10-18-21(27)25(23(29)35-18)11-14-6-7-16(34-14)22(28)30-3/h6-10H,4-5,11-12H2,1-3H3/b18-10+. The molecule has 3 rings (SSSR count). The third kappa shape index (κ3) is 6.45. The van der Waals surface area contributed by atoms with Gasteiger partial charge in [0, 0.05) is 0 Å². The molecule has 2 aromatic rings. The van der Waals surface area contributed by atoms with Crippen molar-refractivity contribution in [3.8, 4) is 11.5 Å². The average molecular weight is 568 g/mol. The number of ether oxygens (including phenoxy) is 4. The van der Waals surface area contributed by atoms with Gasteiger partial charge < -0.3 is 23.4 Å². The molecular formula is C23H22BrNO9S. The van der Waals surface area contributed by atoms with Crippen molar-refractivity contribution in [1.29, 1.82) is 0 Å². The molecule has 1 aromatic heterocycles. The molecule has 1 aliphatic heterocycles. The molecular weight excluding hydrogens is 546 g/mol. The highest BCUT2D eigenvalue weighted by Crippen LogP contribution is 2.39. The Balaban J connectivity index is 1.79. The van der Waals surface area contributed by atoms with Gasteiger partial charge in [-0.1, -0.05) is 0 Å². The molecule has 2 heterocycles. The Kier molecular flexibility index (Phi) is 8.99. The molecule has 0 aliphatic carbocycles. The molecule has 0 radical (unpaired) electrons. The highest BCUT2D eigenvalue weighted by Gasteiger charge is 2.36. The monoisotopic (exact) mass is 567 g/mol. The van der Waals surface area contributed by atoms with E-state index in [0.29, 0.717) is 28.1 Å². The minimum atomic E-state index is -0.657. The van der Waals surface area contributed by atoms with E-state index >= 15 is 0 Å². The zero-order valence-electron chi connectivity index (χ0n) is 19.1. The molecule has 35 heavy (non-hydrogen) atoms. The maximum Gasteiger partial charge on any atom is 0.373 e. The van der Waals surface area contributed by atoms with E-state index in [1.54, 1.807) is 32.1 Å². The number of rotatable bonds is 10. The van der Waals surface area contributed by atoms with Crippen LogP contribution in [-0.2, 0) is 25.6 Å². The largest absolute Gasteiger partial charge is 0.490 e. The summed E-state index contributed by atoms with van der Waals surface area (Å²) in [5, 5.41) is -0.476. The highest BCUT2D eigenvalue weighted by molar-refractivity contribution is 9.10. The molecule has 1 saturated heterocycles. The fourth-order valence-corrected chi connectivity index (χ4v) is 4.44. The minimum absolute atomic E-state index is 0.0245. The Hall–Kier alpha value is -3.25. The van der Waals surface area contributed by atoms with Crippen molar-refractivity contribution in [3.05, 3.63) is 50.7 Å². The van der Waals surface area contributed by atoms with Gasteiger partial charge in [-0.3, -0.25) is 14.5 Å². The zero-order valence-corrected chi connectivity index (χ0v) is 21.5. The lowest BCUT2D eigenvalue weighted by molar-refractivity contribution is -0.145. The number of methoxy groups -OCH3 is 1. The summed E-state index contributed by atoms with van der Waals surface area (Å²) in [6, 6.07) is 6.22. The number of halogens is 1. The van der Waals surface area contributed by atoms with E-state index in [0.717, 1.165) is 16.7 Å². The maximum atomic E-state index is 12.9. The van der Waals surface area contributed by atoms with Crippen molar-refractivity contribution in [1.82, 2.24) is 4.90 Å². The number of amides is 2. The Labute approximate surface area is 213 Å². The molecule has 186 valence electrons. The lowest BCUT2D eigenvalue weighted by atomic mass is 10.2. The maximum absolute atomic E-state index is 12.9. The number of benzene rings is 1. The first-order chi connectivity index (χ1) is 16.8. The predicted octanol–water partition coefficient (Wildman–Crippen LogP) is 4.41. The van der Waals surface area contributed by atoms with Crippen LogP contribution in [-0.4, -0.2) is 54.9 Å². The second-order valence-corrected chi connectivity index (χ2v) is 8.73. The van der Waals surface area contributed by atoms with Crippen LogP contribution in [0.1, 0.15) is 35.7 Å². The van der Waals surface area contributed by atoms with Crippen LogP contribution in [0.3, 0.4) is 0 Å². The fraction of sp³-hybridized carbons (Fsp3) is 0.304. The number of esters is 2. The van der Waals surface area contributed by atoms with Crippen molar-refractivity contribution < 1.29 is 42.5 Å². The number of nitrogens with zero attached hydrogens (tertiary/aromatic N) is 1. The number of hydrogen-bond donors (Lipinski definition) is 0. The molecule has 1 aromatic carbocycles. The number of imide groups is 1. The van der Waals surface area contributed by atoms with E-state index in [9.17, 15) is 19.2 Å². The normalized spacial score (nSPS) is 14.4. The Morgan fingerprint density at radius 1 is 1.14 bits per heavy atom. The predicted molar refractivity (Wildman–Crippen MR) is 129 cm³/mol. The van der Waals surface area contributed by atoms with Gasteiger partial charge in [0.1, 0.15) is 5.76 Å². The van der Waals surface area contributed by atoms with Crippen LogP contribution >= 0.6 is 27.7 Å². The molecule has 12 heteroatoms. The summed E-state index contributed by atoms with van der Waals surface area (Å²) in [6.07, 6.45) is 1.55. The van der Waals surface area contributed by atoms with Crippen LogP contribution in [0.15, 0.2) is 38.1 Å². The van der Waals surface area contributed by atoms with Crippen LogP contribution in [0.4, 0.5) is 4.79 Å². The van der Waals surface area contributed by atoms with Gasteiger partial charge in [0.05, 0.1) is 36.2 Å². The molecule has 0 spiro atoms. The van der Waals surface area contributed by atoms with Gasteiger partial charge in [-0.15, -0.1) is 0 Å². The Morgan fingerprint density at radius 2 is 1.91 bits per heavy atom. The molecule has 1 aliphatic rings.